The summed E-state index contributed by atoms with van der Waals surface area (Å²) in [5.74, 6) is 0.915. The zero-order valence-electron chi connectivity index (χ0n) is 11.6. The van der Waals surface area contributed by atoms with E-state index in [0.29, 0.717) is 0 Å². The minimum Gasteiger partial charge on any atom is -0.324 e. The molecule has 0 saturated carbocycles. The molecule has 0 saturated heterocycles. The molecular formula is C15H15BrClN3. The Kier molecular flexibility index (Phi) is 3.26. The number of aromatic nitrogens is 2. The van der Waals surface area contributed by atoms with Gasteiger partial charge in [-0.15, -0.1) is 0 Å². The normalized spacial score (nSPS) is 16.4. The van der Waals surface area contributed by atoms with Crippen molar-refractivity contribution in [1.82, 2.24) is 9.97 Å². The van der Waals surface area contributed by atoms with Gasteiger partial charge >= 0.3 is 0 Å². The second-order valence-electron chi connectivity index (χ2n) is 5.77. The molecule has 5 heteroatoms. The molecule has 0 N–H and O–H groups in total. The van der Waals surface area contributed by atoms with Crippen LogP contribution in [0.3, 0.4) is 0 Å². The molecule has 1 aromatic carbocycles. The average Bonchev–Trinajstić information content (AvgIpc) is 2.65. The van der Waals surface area contributed by atoms with Crippen molar-refractivity contribution in [3.63, 3.8) is 0 Å². The second-order valence-corrected chi connectivity index (χ2v) is 6.99. The number of benzene rings is 1. The molecule has 0 aliphatic carbocycles. The van der Waals surface area contributed by atoms with Gasteiger partial charge in [0, 0.05) is 22.7 Å². The number of hydrogen-bond acceptors (Lipinski definition) is 3. The van der Waals surface area contributed by atoms with Crippen LogP contribution in [0, 0.1) is 6.92 Å². The van der Waals surface area contributed by atoms with Gasteiger partial charge in [-0.05, 0) is 40.5 Å². The van der Waals surface area contributed by atoms with Crippen LogP contribution in [-0.4, -0.2) is 16.5 Å². The summed E-state index contributed by atoms with van der Waals surface area (Å²) in [5, 5.41) is 0.777. The first-order valence-corrected chi connectivity index (χ1v) is 7.62. The Labute approximate surface area is 132 Å². The van der Waals surface area contributed by atoms with Crippen LogP contribution >= 0.6 is 27.5 Å². The van der Waals surface area contributed by atoms with Crippen LogP contribution in [0.4, 0.5) is 11.5 Å². The minimum absolute atomic E-state index is 0.0382. The maximum Gasteiger partial charge on any atom is 0.155 e. The lowest BCUT2D eigenvalue weighted by Crippen LogP contribution is -2.25. The Balaban J connectivity index is 2.12. The maximum atomic E-state index is 6.25. The SMILES string of the molecule is Cc1ccc(N2CC(C)(C)c3nc(Br)cnc32)cc1Cl. The van der Waals surface area contributed by atoms with Crippen molar-refractivity contribution >= 4 is 39.0 Å². The zero-order valence-corrected chi connectivity index (χ0v) is 14.0. The van der Waals surface area contributed by atoms with Crippen LogP contribution in [0.15, 0.2) is 29.0 Å². The Morgan fingerprint density at radius 1 is 1.35 bits per heavy atom. The highest BCUT2D eigenvalue weighted by Crippen LogP contribution is 2.42. The summed E-state index contributed by atoms with van der Waals surface area (Å²) in [6.45, 7) is 7.22. The highest BCUT2D eigenvalue weighted by molar-refractivity contribution is 9.10. The van der Waals surface area contributed by atoms with Gasteiger partial charge in [0.05, 0.1) is 11.9 Å². The molecule has 1 aliphatic heterocycles. The standard InChI is InChI=1S/C15H15BrClN3/c1-9-4-5-10(6-11(9)17)20-8-15(2,3)13-14(20)18-7-12(16)19-13/h4-7H,8H2,1-3H3. The molecule has 1 aliphatic rings. The monoisotopic (exact) mass is 351 g/mol. The number of hydrogen-bond donors (Lipinski definition) is 0. The van der Waals surface area contributed by atoms with Crippen LogP contribution in [0.5, 0.6) is 0 Å². The second kappa shape index (κ2) is 4.71. The molecule has 0 spiro atoms. The molecule has 2 heterocycles. The van der Waals surface area contributed by atoms with Gasteiger partial charge in [-0.1, -0.05) is 31.5 Å². The Morgan fingerprint density at radius 2 is 2.10 bits per heavy atom. The van der Waals surface area contributed by atoms with Crippen molar-refractivity contribution < 1.29 is 0 Å². The molecule has 0 radical (unpaired) electrons. The van der Waals surface area contributed by atoms with Crippen molar-refractivity contribution in [3.05, 3.63) is 45.3 Å². The smallest absolute Gasteiger partial charge is 0.155 e. The van der Waals surface area contributed by atoms with Gasteiger partial charge in [0.15, 0.2) is 5.82 Å². The van der Waals surface area contributed by atoms with E-state index >= 15 is 0 Å². The molecule has 0 fully saturated rings. The van der Waals surface area contributed by atoms with Crippen molar-refractivity contribution in [2.45, 2.75) is 26.2 Å². The van der Waals surface area contributed by atoms with Crippen molar-refractivity contribution in [1.29, 1.82) is 0 Å². The third-order valence-electron chi connectivity index (χ3n) is 3.64. The van der Waals surface area contributed by atoms with E-state index in [-0.39, 0.29) is 5.41 Å². The topological polar surface area (TPSA) is 29.0 Å². The van der Waals surface area contributed by atoms with E-state index in [2.05, 4.69) is 50.7 Å². The van der Waals surface area contributed by atoms with Crippen LogP contribution < -0.4 is 4.90 Å². The number of aryl methyl sites for hydroxylation is 1. The predicted octanol–water partition coefficient (Wildman–Crippen LogP) is 4.63. The lowest BCUT2D eigenvalue weighted by atomic mass is 9.92. The van der Waals surface area contributed by atoms with E-state index in [1.54, 1.807) is 6.20 Å². The van der Waals surface area contributed by atoms with Crippen molar-refractivity contribution in [2.24, 2.45) is 0 Å². The predicted molar refractivity (Wildman–Crippen MR) is 86.0 cm³/mol. The third kappa shape index (κ3) is 2.21. The van der Waals surface area contributed by atoms with Gasteiger partial charge in [-0.2, -0.15) is 0 Å². The van der Waals surface area contributed by atoms with Gasteiger partial charge < -0.3 is 4.90 Å². The van der Waals surface area contributed by atoms with E-state index in [1.165, 1.54) is 0 Å². The van der Waals surface area contributed by atoms with Gasteiger partial charge in [0.1, 0.15) is 4.60 Å². The molecule has 3 rings (SSSR count). The number of nitrogens with zero attached hydrogens (tertiary/aromatic N) is 3. The fourth-order valence-corrected chi connectivity index (χ4v) is 2.98. The van der Waals surface area contributed by atoms with E-state index in [4.69, 9.17) is 11.6 Å². The lowest BCUT2D eigenvalue weighted by molar-refractivity contribution is 0.553. The summed E-state index contributed by atoms with van der Waals surface area (Å²) in [6, 6.07) is 6.11. The minimum atomic E-state index is -0.0382. The summed E-state index contributed by atoms with van der Waals surface area (Å²) in [7, 11) is 0. The molecule has 104 valence electrons. The largest absolute Gasteiger partial charge is 0.324 e. The van der Waals surface area contributed by atoms with Crippen LogP contribution in [-0.2, 0) is 5.41 Å². The number of rotatable bonds is 1. The summed E-state index contributed by atoms with van der Waals surface area (Å²) in [5.41, 5.74) is 3.12. The highest BCUT2D eigenvalue weighted by atomic mass is 79.9. The van der Waals surface area contributed by atoms with E-state index < -0.39 is 0 Å². The number of fused-ring (bicyclic) bond motifs is 1. The third-order valence-corrected chi connectivity index (χ3v) is 4.43. The molecule has 3 nitrogen and oxygen atoms in total. The van der Waals surface area contributed by atoms with Gasteiger partial charge in [-0.25, -0.2) is 9.97 Å². The summed E-state index contributed by atoms with van der Waals surface area (Å²) in [4.78, 5) is 11.3. The van der Waals surface area contributed by atoms with Crippen LogP contribution in [0.2, 0.25) is 5.02 Å². The average molecular weight is 353 g/mol. The van der Waals surface area contributed by atoms with Gasteiger partial charge in [0.25, 0.3) is 0 Å². The Bertz CT molecular complexity index is 685. The van der Waals surface area contributed by atoms with Crippen LogP contribution in [0.25, 0.3) is 0 Å². The summed E-state index contributed by atoms with van der Waals surface area (Å²) >= 11 is 9.65. The maximum absolute atomic E-state index is 6.25. The van der Waals surface area contributed by atoms with E-state index in [1.807, 2.05) is 19.1 Å². The molecule has 2 aromatic rings. The Morgan fingerprint density at radius 3 is 2.80 bits per heavy atom. The molecule has 0 unspecified atom stereocenters. The van der Waals surface area contributed by atoms with Gasteiger partial charge in [-0.3, -0.25) is 0 Å². The van der Waals surface area contributed by atoms with Crippen molar-refractivity contribution in [2.75, 3.05) is 11.4 Å². The first kappa shape index (κ1) is 13.8. The first-order valence-electron chi connectivity index (χ1n) is 6.45. The molecule has 0 bridgehead atoms. The number of anilines is 2. The summed E-state index contributed by atoms with van der Waals surface area (Å²) in [6.07, 6.45) is 1.74. The fourth-order valence-electron chi connectivity index (χ4n) is 2.52. The highest BCUT2D eigenvalue weighted by Gasteiger charge is 2.38. The van der Waals surface area contributed by atoms with Crippen LogP contribution in [0.1, 0.15) is 25.1 Å². The molecule has 0 amide bonds. The quantitative estimate of drug-likeness (QED) is 0.749. The van der Waals surface area contributed by atoms with E-state index in [0.717, 1.165) is 38.9 Å². The Hall–Kier alpha value is -1.13. The van der Waals surface area contributed by atoms with E-state index in [9.17, 15) is 0 Å². The lowest BCUT2D eigenvalue weighted by Gasteiger charge is -2.21. The fraction of sp³-hybridized carbons (Fsp3) is 0.333. The molecule has 0 atom stereocenters. The first-order chi connectivity index (χ1) is 9.38. The summed E-state index contributed by atoms with van der Waals surface area (Å²) < 4.78 is 0.771. The van der Waals surface area contributed by atoms with Crippen molar-refractivity contribution in [3.8, 4) is 0 Å². The zero-order chi connectivity index (χ0) is 14.5. The number of halogens is 2. The molecular weight excluding hydrogens is 338 g/mol. The molecule has 20 heavy (non-hydrogen) atoms. The van der Waals surface area contributed by atoms with Gasteiger partial charge in [0.2, 0.25) is 0 Å². The molecule has 1 aromatic heterocycles.